The van der Waals surface area contributed by atoms with Crippen LogP contribution in [0.2, 0.25) is 0 Å². The Labute approximate surface area is 169 Å². The molecule has 1 aliphatic carbocycles. The third-order valence-corrected chi connectivity index (χ3v) is 5.00. The number of alkyl halides is 6. The summed E-state index contributed by atoms with van der Waals surface area (Å²) in [5.74, 6) is -0.972. The number of hydrogen-bond acceptors (Lipinski definition) is 4. The summed E-state index contributed by atoms with van der Waals surface area (Å²) in [4.78, 5) is 9.12. The number of anilines is 2. The molecule has 30 heavy (non-hydrogen) atoms. The molecular weight excluding hydrogens is 412 g/mol. The van der Waals surface area contributed by atoms with Crippen molar-refractivity contribution in [3.63, 3.8) is 0 Å². The first-order valence-corrected chi connectivity index (χ1v) is 9.60. The number of para-hydroxylation sites is 1. The highest BCUT2D eigenvalue weighted by Gasteiger charge is 2.38. The molecule has 164 valence electrons. The van der Waals surface area contributed by atoms with E-state index < -0.39 is 30.4 Å². The lowest BCUT2D eigenvalue weighted by Gasteiger charge is -2.26. The van der Waals surface area contributed by atoms with E-state index in [-0.39, 0.29) is 5.95 Å². The van der Waals surface area contributed by atoms with Crippen LogP contribution in [0.3, 0.4) is 0 Å². The maximum Gasteiger partial charge on any atom is 0.423 e. The molecule has 10 heteroatoms. The Morgan fingerprint density at radius 1 is 1.07 bits per heavy atom. The lowest BCUT2D eigenvalue weighted by atomic mass is 9.95. The molecule has 2 aromatic rings. The molecular formula is C20H21F6N3O. The Morgan fingerprint density at radius 2 is 1.73 bits per heavy atom. The smallest absolute Gasteiger partial charge is 0.423 e. The van der Waals surface area contributed by atoms with Gasteiger partial charge in [-0.1, -0.05) is 31.0 Å². The predicted molar refractivity (Wildman–Crippen MR) is 98.9 cm³/mol. The summed E-state index contributed by atoms with van der Waals surface area (Å²) >= 11 is 0. The van der Waals surface area contributed by atoms with E-state index in [0.29, 0.717) is 18.7 Å². The predicted octanol–water partition coefficient (Wildman–Crippen LogP) is 6.25. The Hall–Kier alpha value is -2.52. The first-order chi connectivity index (χ1) is 14.1. The van der Waals surface area contributed by atoms with Crippen LogP contribution in [-0.2, 0) is 6.18 Å². The Morgan fingerprint density at radius 3 is 2.33 bits per heavy atom. The molecule has 0 saturated heterocycles. The molecule has 0 unspecified atom stereocenters. The molecule has 1 aromatic carbocycles. The summed E-state index contributed by atoms with van der Waals surface area (Å²) in [6.45, 7) is 0.202. The van der Waals surface area contributed by atoms with Gasteiger partial charge in [0.2, 0.25) is 11.8 Å². The van der Waals surface area contributed by atoms with E-state index in [4.69, 9.17) is 0 Å². The van der Waals surface area contributed by atoms with Crippen LogP contribution in [0.15, 0.2) is 30.5 Å². The first kappa shape index (κ1) is 22.2. The Balaban J connectivity index is 2.01. The lowest BCUT2D eigenvalue weighted by molar-refractivity contribution is -0.159. The molecule has 1 fully saturated rings. The minimum Gasteiger partial charge on any atom is -0.467 e. The van der Waals surface area contributed by atoms with Gasteiger partial charge in [0, 0.05) is 18.4 Å². The van der Waals surface area contributed by atoms with E-state index in [2.05, 4.69) is 14.7 Å². The number of nitrogens with zero attached hydrogens (tertiary/aromatic N) is 3. The van der Waals surface area contributed by atoms with Crippen molar-refractivity contribution in [2.75, 3.05) is 18.1 Å². The second kappa shape index (κ2) is 8.69. The van der Waals surface area contributed by atoms with E-state index in [1.54, 1.807) is 17.9 Å². The molecule has 0 aliphatic heterocycles. The van der Waals surface area contributed by atoms with Gasteiger partial charge < -0.3 is 9.64 Å². The van der Waals surface area contributed by atoms with Crippen molar-refractivity contribution in [2.24, 2.45) is 0 Å². The molecule has 3 rings (SSSR count). The van der Waals surface area contributed by atoms with Crippen LogP contribution in [0, 0.1) is 0 Å². The second-order valence-corrected chi connectivity index (χ2v) is 7.07. The zero-order valence-electron chi connectivity index (χ0n) is 16.2. The van der Waals surface area contributed by atoms with Crippen molar-refractivity contribution < 1.29 is 31.1 Å². The van der Waals surface area contributed by atoms with Crippen molar-refractivity contribution in [1.29, 1.82) is 0 Å². The SMILES string of the molecule is CCN(c1ncc(C(F)(F)F)c(OCC(F)(F)F)n1)c1ccccc1C1CCCC1. The number of halogens is 6. The molecule has 1 saturated carbocycles. The molecule has 0 spiro atoms. The number of benzene rings is 1. The fourth-order valence-corrected chi connectivity index (χ4v) is 3.68. The molecule has 0 atom stereocenters. The van der Waals surface area contributed by atoms with Gasteiger partial charge in [-0.15, -0.1) is 0 Å². The largest absolute Gasteiger partial charge is 0.467 e. The fourth-order valence-electron chi connectivity index (χ4n) is 3.68. The van der Waals surface area contributed by atoms with Crippen LogP contribution in [-0.4, -0.2) is 29.3 Å². The number of ether oxygens (including phenoxy) is 1. The monoisotopic (exact) mass is 433 g/mol. The zero-order valence-corrected chi connectivity index (χ0v) is 16.2. The van der Waals surface area contributed by atoms with Crippen molar-refractivity contribution >= 4 is 11.6 Å². The Kier molecular flexibility index (Phi) is 6.42. The fraction of sp³-hybridized carbons (Fsp3) is 0.500. The third-order valence-electron chi connectivity index (χ3n) is 5.00. The summed E-state index contributed by atoms with van der Waals surface area (Å²) < 4.78 is 81.6. The standard InChI is InChI=1S/C20H21F6N3O/c1-2-29(16-10-6-5-9-14(16)13-7-3-4-8-13)18-27-11-15(20(24,25)26)17(28-18)30-12-19(21,22)23/h5-6,9-11,13H,2-4,7-8,12H2,1H3. The van der Waals surface area contributed by atoms with Crippen LogP contribution >= 0.6 is 0 Å². The molecule has 0 radical (unpaired) electrons. The highest BCUT2D eigenvalue weighted by molar-refractivity contribution is 5.63. The van der Waals surface area contributed by atoms with Crippen LogP contribution in [0.4, 0.5) is 38.0 Å². The van der Waals surface area contributed by atoms with Crippen molar-refractivity contribution in [1.82, 2.24) is 9.97 Å². The van der Waals surface area contributed by atoms with Gasteiger partial charge in [0.1, 0.15) is 5.56 Å². The van der Waals surface area contributed by atoms with Crippen molar-refractivity contribution in [3.8, 4) is 5.88 Å². The van der Waals surface area contributed by atoms with Crippen LogP contribution in [0.25, 0.3) is 0 Å². The number of aromatic nitrogens is 2. The van der Waals surface area contributed by atoms with Gasteiger partial charge >= 0.3 is 12.4 Å². The van der Waals surface area contributed by atoms with Gasteiger partial charge in [-0.25, -0.2) is 4.98 Å². The van der Waals surface area contributed by atoms with E-state index in [1.807, 2.05) is 18.2 Å². The molecule has 4 nitrogen and oxygen atoms in total. The summed E-state index contributed by atoms with van der Waals surface area (Å²) in [5.41, 5.74) is 0.308. The van der Waals surface area contributed by atoms with Gasteiger partial charge in [-0.2, -0.15) is 31.3 Å². The van der Waals surface area contributed by atoms with Crippen molar-refractivity contribution in [3.05, 3.63) is 41.6 Å². The zero-order chi connectivity index (χ0) is 21.9. The molecule has 1 heterocycles. The molecule has 0 amide bonds. The number of rotatable bonds is 6. The summed E-state index contributed by atoms with van der Waals surface area (Å²) in [6.07, 6.45) is -5.08. The summed E-state index contributed by atoms with van der Waals surface area (Å²) in [6, 6.07) is 7.45. The van der Waals surface area contributed by atoms with Crippen LogP contribution in [0.5, 0.6) is 5.88 Å². The third kappa shape index (κ3) is 5.14. The van der Waals surface area contributed by atoms with E-state index in [1.165, 1.54) is 0 Å². The maximum atomic E-state index is 13.2. The van der Waals surface area contributed by atoms with Gasteiger partial charge in [-0.3, -0.25) is 0 Å². The highest BCUT2D eigenvalue weighted by atomic mass is 19.4. The average molecular weight is 433 g/mol. The van der Waals surface area contributed by atoms with Crippen LogP contribution in [0.1, 0.15) is 49.7 Å². The molecule has 0 bridgehead atoms. The summed E-state index contributed by atoms with van der Waals surface area (Å²) in [7, 11) is 0. The van der Waals surface area contributed by atoms with Gasteiger partial charge in [0.15, 0.2) is 6.61 Å². The lowest BCUT2D eigenvalue weighted by Crippen LogP contribution is -2.24. The number of hydrogen-bond donors (Lipinski definition) is 0. The van der Waals surface area contributed by atoms with Crippen LogP contribution < -0.4 is 9.64 Å². The average Bonchev–Trinajstić information content (AvgIpc) is 3.21. The minimum absolute atomic E-state index is 0.145. The molecule has 1 aliphatic rings. The summed E-state index contributed by atoms with van der Waals surface area (Å²) in [5, 5.41) is 0. The normalized spacial score (nSPS) is 15.4. The quantitative estimate of drug-likeness (QED) is 0.505. The maximum absolute atomic E-state index is 13.2. The van der Waals surface area contributed by atoms with E-state index >= 15 is 0 Å². The molecule has 1 aromatic heterocycles. The first-order valence-electron chi connectivity index (χ1n) is 9.60. The molecule has 0 N–H and O–H groups in total. The van der Waals surface area contributed by atoms with E-state index in [9.17, 15) is 26.3 Å². The van der Waals surface area contributed by atoms with Gasteiger partial charge in [-0.05, 0) is 37.3 Å². The van der Waals surface area contributed by atoms with Gasteiger partial charge in [0.25, 0.3) is 0 Å². The van der Waals surface area contributed by atoms with Crippen molar-refractivity contribution in [2.45, 2.75) is 50.9 Å². The van der Waals surface area contributed by atoms with Gasteiger partial charge in [0.05, 0.1) is 0 Å². The van der Waals surface area contributed by atoms with E-state index in [0.717, 1.165) is 36.9 Å². The Bertz CT molecular complexity index is 862. The minimum atomic E-state index is -4.95. The second-order valence-electron chi connectivity index (χ2n) is 7.07. The topological polar surface area (TPSA) is 38.2 Å². The highest BCUT2D eigenvalue weighted by Crippen LogP contribution is 2.41.